The molecule has 0 aromatic heterocycles. The van der Waals surface area contributed by atoms with E-state index in [0.29, 0.717) is 0 Å². The Bertz CT molecular complexity index is 1590. The second-order valence-corrected chi connectivity index (χ2v) is 28.6. The van der Waals surface area contributed by atoms with Crippen LogP contribution in [-0.4, -0.2) is 140 Å². The summed E-state index contributed by atoms with van der Waals surface area (Å²) < 4.78 is 22.9. The van der Waals surface area contributed by atoms with Gasteiger partial charge in [-0.15, -0.1) is 0 Å². The molecular formula is C78H151NO13. The normalized spacial score (nSPS) is 22.6. The number of carbonyl (C=O) groups excluding carboxylic acids is 1. The van der Waals surface area contributed by atoms with Crippen molar-refractivity contribution in [2.45, 2.75) is 460 Å². The lowest BCUT2D eigenvalue weighted by atomic mass is 9.97. The van der Waals surface area contributed by atoms with Gasteiger partial charge in [0, 0.05) is 6.42 Å². The zero-order valence-electron chi connectivity index (χ0n) is 59.8. The Balaban J connectivity index is 1.62. The Morgan fingerprint density at radius 2 is 0.674 bits per heavy atom. The fourth-order valence-electron chi connectivity index (χ4n) is 13.7. The fourth-order valence-corrected chi connectivity index (χ4v) is 13.7. The molecule has 0 spiro atoms. The Morgan fingerprint density at radius 3 is 1.00 bits per heavy atom. The van der Waals surface area contributed by atoms with E-state index in [1.54, 1.807) is 6.08 Å². The minimum Gasteiger partial charge on any atom is -0.394 e. The number of nitrogens with one attached hydrogen (secondary N) is 1. The van der Waals surface area contributed by atoms with Crippen LogP contribution in [0.2, 0.25) is 0 Å². The molecule has 1 amide bonds. The number of rotatable bonds is 68. The van der Waals surface area contributed by atoms with Gasteiger partial charge in [-0.3, -0.25) is 4.79 Å². The summed E-state index contributed by atoms with van der Waals surface area (Å²) >= 11 is 0. The van der Waals surface area contributed by atoms with Crippen LogP contribution in [0.5, 0.6) is 0 Å². The maximum Gasteiger partial charge on any atom is 0.220 e. The van der Waals surface area contributed by atoms with Gasteiger partial charge in [-0.1, -0.05) is 373 Å². The largest absolute Gasteiger partial charge is 0.394 e. The third-order valence-electron chi connectivity index (χ3n) is 20.0. The number of carbonyl (C=O) groups is 1. The van der Waals surface area contributed by atoms with Crippen LogP contribution in [0.3, 0.4) is 0 Å². The van der Waals surface area contributed by atoms with Crippen LogP contribution in [0, 0.1) is 0 Å². The topological polar surface area (TPSA) is 228 Å². The number of aliphatic hydroxyl groups is 8. The highest BCUT2D eigenvalue weighted by Crippen LogP contribution is 2.30. The average Bonchev–Trinajstić information content (AvgIpc) is 0.864. The summed E-state index contributed by atoms with van der Waals surface area (Å²) in [5, 5.41) is 87.7. The molecule has 0 bridgehead atoms. The van der Waals surface area contributed by atoms with E-state index in [2.05, 4.69) is 19.2 Å². The van der Waals surface area contributed by atoms with E-state index >= 15 is 0 Å². The third kappa shape index (κ3) is 46.1. The smallest absolute Gasteiger partial charge is 0.220 e. The first-order valence-electron chi connectivity index (χ1n) is 39.9. The number of amides is 1. The number of ether oxygens (including phenoxy) is 4. The predicted octanol–water partition coefficient (Wildman–Crippen LogP) is 17.7. The minimum atomic E-state index is -1.79. The van der Waals surface area contributed by atoms with Crippen LogP contribution < -0.4 is 5.32 Å². The molecule has 0 aliphatic carbocycles. The van der Waals surface area contributed by atoms with Gasteiger partial charge >= 0.3 is 0 Å². The van der Waals surface area contributed by atoms with Crippen molar-refractivity contribution in [3.63, 3.8) is 0 Å². The summed E-state index contributed by atoms with van der Waals surface area (Å²) in [6.45, 7) is 2.88. The van der Waals surface area contributed by atoms with E-state index in [4.69, 9.17) is 18.9 Å². The van der Waals surface area contributed by atoms with Gasteiger partial charge in [0.25, 0.3) is 0 Å². The molecule has 92 heavy (non-hydrogen) atoms. The maximum atomic E-state index is 13.4. The Morgan fingerprint density at radius 1 is 0.380 bits per heavy atom. The summed E-state index contributed by atoms with van der Waals surface area (Å²) in [6, 6.07) is -0.912. The van der Waals surface area contributed by atoms with Crippen molar-refractivity contribution >= 4 is 5.91 Å². The van der Waals surface area contributed by atoms with Crippen molar-refractivity contribution in [1.29, 1.82) is 0 Å². The van der Waals surface area contributed by atoms with Gasteiger partial charge in [-0.2, -0.15) is 0 Å². The Kier molecular flexibility index (Phi) is 59.6. The van der Waals surface area contributed by atoms with Crippen LogP contribution in [0.25, 0.3) is 0 Å². The molecule has 2 aliphatic heterocycles. The predicted molar refractivity (Wildman–Crippen MR) is 379 cm³/mol. The summed E-state index contributed by atoms with van der Waals surface area (Å²) in [5.41, 5.74) is 0. The highest BCUT2D eigenvalue weighted by atomic mass is 16.7. The van der Waals surface area contributed by atoms with E-state index in [-0.39, 0.29) is 18.9 Å². The van der Waals surface area contributed by atoms with Gasteiger partial charge in [-0.25, -0.2) is 0 Å². The standard InChI is InChI=1S/C78H151NO13/c1-3-5-7-9-11-13-15-17-19-21-23-25-27-29-31-33-34-36-38-40-42-44-46-48-50-52-54-56-58-60-62-70(83)79-66(65-89-77-75(88)73(86)76(69(64-81)91-77)92-78-74(87)72(85)71(84)68(63-80)90-78)67(82)61-59-57-55-53-51-49-47-45-43-41-39-37-35-32-30-28-26-24-22-20-18-16-14-12-10-8-6-4-2/h59,61,66-69,71-78,80-82,84-88H,3-58,60,62-65H2,1-2H3,(H,79,83)/b61-59+. The Hall–Kier alpha value is -1.27. The molecule has 0 aromatic carbocycles. The molecule has 0 radical (unpaired) electrons. The monoisotopic (exact) mass is 1310 g/mol. The van der Waals surface area contributed by atoms with Crippen molar-refractivity contribution in [3.05, 3.63) is 12.2 Å². The number of allylic oxidation sites excluding steroid dienone is 1. The molecule has 0 aromatic rings. The summed E-state index contributed by atoms with van der Waals surface area (Å²) in [4.78, 5) is 13.4. The van der Waals surface area contributed by atoms with Gasteiger partial charge in [0.05, 0.1) is 32.0 Å². The zero-order valence-corrected chi connectivity index (χ0v) is 59.8. The zero-order chi connectivity index (χ0) is 66.6. The minimum absolute atomic E-state index is 0.229. The molecule has 2 saturated heterocycles. The number of unbranched alkanes of at least 4 members (excludes halogenated alkanes) is 55. The molecule has 2 fully saturated rings. The highest BCUT2D eigenvalue weighted by molar-refractivity contribution is 5.76. The van der Waals surface area contributed by atoms with Crippen molar-refractivity contribution < 1.29 is 64.6 Å². The maximum absolute atomic E-state index is 13.4. The third-order valence-corrected chi connectivity index (χ3v) is 20.0. The lowest BCUT2D eigenvalue weighted by Crippen LogP contribution is -2.65. The van der Waals surface area contributed by atoms with Crippen LogP contribution in [0.1, 0.15) is 386 Å². The van der Waals surface area contributed by atoms with E-state index < -0.39 is 86.8 Å². The van der Waals surface area contributed by atoms with E-state index in [1.165, 1.54) is 321 Å². The summed E-state index contributed by atoms with van der Waals surface area (Å²) in [7, 11) is 0. The molecule has 12 atom stereocenters. The SMILES string of the molecule is CCCCCCCCCCCCCCCCCCCCCCCCCCCC/C=C/C(O)C(COC1OC(CO)C(OC2OC(CO)C(O)C(O)C2O)C(O)C1O)NC(=O)CCCCCCCCCCCCCCCCCCCCCCCCCCCCCCCC. The lowest BCUT2D eigenvalue weighted by molar-refractivity contribution is -0.359. The fraction of sp³-hybridized carbons (Fsp3) is 0.962. The number of hydrogen-bond donors (Lipinski definition) is 9. The van der Waals surface area contributed by atoms with E-state index in [1.807, 2.05) is 6.08 Å². The van der Waals surface area contributed by atoms with Crippen LogP contribution in [0.4, 0.5) is 0 Å². The number of hydrogen-bond acceptors (Lipinski definition) is 13. The summed E-state index contributed by atoms with van der Waals surface area (Å²) in [5.74, 6) is -0.229. The summed E-state index contributed by atoms with van der Waals surface area (Å²) in [6.07, 6.45) is 63.0. The van der Waals surface area contributed by atoms with Gasteiger partial charge in [0.15, 0.2) is 12.6 Å². The van der Waals surface area contributed by atoms with Gasteiger partial charge in [0.1, 0.15) is 48.8 Å². The quantitative estimate of drug-likeness (QED) is 0.0204. The molecule has 14 heteroatoms. The molecule has 14 nitrogen and oxygen atoms in total. The van der Waals surface area contributed by atoms with Crippen molar-refractivity contribution in [3.8, 4) is 0 Å². The van der Waals surface area contributed by atoms with E-state index in [9.17, 15) is 45.6 Å². The molecule has 2 rings (SSSR count). The van der Waals surface area contributed by atoms with Crippen LogP contribution in [0.15, 0.2) is 12.2 Å². The first-order valence-corrected chi connectivity index (χ1v) is 39.9. The number of aliphatic hydroxyl groups excluding tert-OH is 8. The Labute approximate surface area is 565 Å². The van der Waals surface area contributed by atoms with Gasteiger partial charge in [0.2, 0.25) is 5.91 Å². The molecule has 546 valence electrons. The molecule has 0 saturated carbocycles. The molecule has 2 heterocycles. The van der Waals surface area contributed by atoms with Crippen LogP contribution >= 0.6 is 0 Å². The van der Waals surface area contributed by atoms with Crippen molar-refractivity contribution in [2.24, 2.45) is 0 Å². The average molecular weight is 1310 g/mol. The molecule has 12 unspecified atom stereocenters. The van der Waals surface area contributed by atoms with Crippen molar-refractivity contribution in [2.75, 3.05) is 19.8 Å². The molecule has 2 aliphatic rings. The lowest BCUT2D eigenvalue weighted by Gasteiger charge is -2.46. The molecule has 9 N–H and O–H groups in total. The highest BCUT2D eigenvalue weighted by Gasteiger charge is 2.51. The van der Waals surface area contributed by atoms with Crippen molar-refractivity contribution in [1.82, 2.24) is 5.32 Å². The van der Waals surface area contributed by atoms with E-state index in [0.717, 1.165) is 44.9 Å². The van der Waals surface area contributed by atoms with Gasteiger partial charge < -0.3 is 65.1 Å². The van der Waals surface area contributed by atoms with Gasteiger partial charge in [-0.05, 0) is 19.3 Å². The second-order valence-electron chi connectivity index (χ2n) is 28.6. The first-order chi connectivity index (χ1) is 45.1. The van der Waals surface area contributed by atoms with Crippen LogP contribution in [-0.2, 0) is 23.7 Å². The second kappa shape index (κ2) is 63.2. The molecular weight excluding hydrogens is 1160 g/mol. The first kappa shape index (κ1) is 86.8.